The molecule has 4 heterocycles. The number of hydrogen-bond acceptors (Lipinski definition) is 5. The molecule has 2 aromatic heterocycles. The van der Waals surface area contributed by atoms with E-state index in [1.165, 1.54) is 18.6 Å². The molecule has 1 saturated heterocycles. The third-order valence-corrected chi connectivity index (χ3v) is 8.41. The van der Waals surface area contributed by atoms with E-state index in [1.54, 1.807) is 27.7 Å². The van der Waals surface area contributed by atoms with E-state index in [0.29, 0.717) is 55.0 Å². The maximum absolute atomic E-state index is 15.4. The molecule has 2 atom stereocenters. The van der Waals surface area contributed by atoms with Crippen LogP contribution in [0.3, 0.4) is 0 Å². The quantitative estimate of drug-likeness (QED) is 0.307. The summed E-state index contributed by atoms with van der Waals surface area (Å²) in [5.41, 5.74) is 5.82. The predicted molar refractivity (Wildman–Crippen MR) is 160 cm³/mol. The minimum Gasteiger partial charge on any atom is -0.461 e. The predicted octanol–water partition coefficient (Wildman–Crippen LogP) is 5.63. The molecule has 3 amide bonds. The van der Waals surface area contributed by atoms with Crippen LogP contribution in [0.2, 0.25) is 0 Å². The molecular formula is C33H34FN5O4. The normalized spacial score (nSPS) is 18.0. The Bertz CT molecular complexity index is 1730. The molecule has 0 radical (unpaired) electrons. The lowest BCUT2D eigenvalue weighted by atomic mass is 9.93. The van der Waals surface area contributed by atoms with Crippen LogP contribution in [0.4, 0.5) is 14.9 Å². The van der Waals surface area contributed by atoms with Crippen molar-refractivity contribution in [2.75, 3.05) is 25.0 Å². The maximum atomic E-state index is 15.4. The summed E-state index contributed by atoms with van der Waals surface area (Å²) in [6.07, 6.45) is 3.44. The SMILES string of the molecule is CCc1cc(C(=O)N2CCc3ccccc3[C@H]2C)nn2cc(-c3ccc(NC(=O)N4CC[C@@H](OC(C)=O)C4)cc3F)cc12. The van der Waals surface area contributed by atoms with Crippen LogP contribution in [0.1, 0.15) is 60.4 Å². The van der Waals surface area contributed by atoms with E-state index in [1.807, 2.05) is 43.0 Å². The first-order valence-electron chi connectivity index (χ1n) is 14.7. The summed E-state index contributed by atoms with van der Waals surface area (Å²) < 4.78 is 22.2. The van der Waals surface area contributed by atoms with Crippen LogP contribution >= 0.6 is 0 Å². The number of likely N-dealkylation sites (tertiary alicyclic amines) is 1. The Kier molecular flexibility index (Phi) is 7.60. The second-order valence-corrected chi connectivity index (χ2v) is 11.2. The van der Waals surface area contributed by atoms with Gasteiger partial charge in [-0.2, -0.15) is 5.10 Å². The van der Waals surface area contributed by atoms with Gasteiger partial charge in [-0.25, -0.2) is 13.7 Å². The number of hydrogen-bond donors (Lipinski definition) is 1. The number of aromatic nitrogens is 2. The topological polar surface area (TPSA) is 96.2 Å². The number of ether oxygens (including phenoxy) is 1. The van der Waals surface area contributed by atoms with E-state index in [0.717, 1.165) is 23.1 Å². The number of nitrogens with zero attached hydrogens (tertiary/aromatic N) is 4. The summed E-state index contributed by atoms with van der Waals surface area (Å²) in [6.45, 7) is 6.76. The zero-order valence-corrected chi connectivity index (χ0v) is 24.5. The monoisotopic (exact) mass is 583 g/mol. The highest BCUT2D eigenvalue weighted by Gasteiger charge is 2.30. The number of benzene rings is 2. The summed E-state index contributed by atoms with van der Waals surface area (Å²) in [7, 11) is 0. The van der Waals surface area contributed by atoms with Crippen molar-refractivity contribution >= 4 is 29.1 Å². The molecular weight excluding hydrogens is 549 g/mol. The van der Waals surface area contributed by atoms with Crippen LogP contribution in [-0.2, 0) is 22.4 Å². The van der Waals surface area contributed by atoms with E-state index in [2.05, 4.69) is 22.5 Å². The van der Waals surface area contributed by atoms with Crippen LogP contribution in [0, 0.1) is 5.82 Å². The summed E-state index contributed by atoms with van der Waals surface area (Å²) in [4.78, 5) is 41.0. The van der Waals surface area contributed by atoms with Crippen molar-refractivity contribution in [3.63, 3.8) is 0 Å². The zero-order chi connectivity index (χ0) is 30.2. The fourth-order valence-electron chi connectivity index (χ4n) is 6.16. The lowest BCUT2D eigenvalue weighted by molar-refractivity contribution is -0.145. The third-order valence-electron chi connectivity index (χ3n) is 8.41. The first-order valence-corrected chi connectivity index (χ1v) is 14.7. The van der Waals surface area contributed by atoms with E-state index < -0.39 is 5.82 Å². The molecule has 9 nitrogen and oxygen atoms in total. The van der Waals surface area contributed by atoms with Gasteiger partial charge in [0.25, 0.3) is 5.91 Å². The van der Waals surface area contributed by atoms with E-state index in [9.17, 15) is 14.4 Å². The molecule has 6 rings (SSSR count). The van der Waals surface area contributed by atoms with Crippen LogP contribution in [0.15, 0.2) is 60.8 Å². The van der Waals surface area contributed by atoms with Gasteiger partial charge in [0.05, 0.1) is 18.1 Å². The van der Waals surface area contributed by atoms with Crippen molar-refractivity contribution < 1.29 is 23.5 Å². The fourth-order valence-corrected chi connectivity index (χ4v) is 6.16. The van der Waals surface area contributed by atoms with Crippen LogP contribution < -0.4 is 5.32 Å². The Balaban J connectivity index is 1.21. The number of fused-ring (bicyclic) bond motifs is 2. The first-order chi connectivity index (χ1) is 20.7. The van der Waals surface area contributed by atoms with Gasteiger partial charge in [-0.05, 0) is 66.8 Å². The molecule has 0 bridgehead atoms. The number of carbonyl (C=O) groups is 3. The Morgan fingerprint density at radius 1 is 1.09 bits per heavy atom. The number of anilines is 1. The van der Waals surface area contributed by atoms with Gasteiger partial charge < -0.3 is 19.9 Å². The Morgan fingerprint density at radius 2 is 1.91 bits per heavy atom. The second kappa shape index (κ2) is 11.5. The van der Waals surface area contributed by atoms with Gasteiger partial charge in [-0.3, -0.25) is 9.59 Å². The molecule has 0 spiro atoms. The molecule has 0 aliphatic carbocycles. The van der Waals surface area contributed by atoms with Crippen LogP contribution in [-0.4, -0.2) is 63.1 Å². The molecule has 43 heavy (non-hydrogen) atoms. The standard InChI is InChI=1S/C33H34FN5O4/c1-4-22-15-30(32(41)38-14-11-23-7-5-6-8-27(23)20(38)2)36-39-18-24(16-31(22)39)28-10-9-25(17-29(28)34)35-33(42)37-13-12-26(19-37)43-21(3)40/h5-10,15-18,20,26H,4,11-14,19H2,1-3H3,(H,35,42)/t20-,26-/m1/s1. The minimum absolute atomic E-state index is 0.0610. The highest BCUT2D eigenvalue weighted by molar-refractivity contribution is 5.93. The van der Waals surface area contributed by atoms with E-state index >= 15 is 4.39 Å². The molecule has 222 valence electrons. The number of esters is 1. The van der Waals surface area contributed by atoms with E-state index in [4.69, 9.17) is 4.74 Å². The van der Waals surface area contributed by atoms with Crippen LogP contribution in [0.5, 0.6) is 0 Å². The summed E-state index contributed by atoms with van der Waals surface area (Å²) in [5, 5.41) is 7.39. The summed E-state index contributed by atoms with van der Waals surface area (Å²) in [5.74, 6) is -1.00. The van der Waals surface area contributed by atoms with Crippen molar-refractivity contribution in [1.82, 2.24) is 19.4 Å². The molecule has 1 N–H and O–H groups in total. The molecule has 2 aliphatic rings. The number of halogens is 1. The second-order valence-electron chi connectivity index (χ2n) is 11.2. The zero-order valence-electron chi connectivity index (χ0n) is 24.5. The van der Waals surface area contributed by atoms with Gasteiger partial charge in [0.1, 0.15) is 17.6 Å². The van der Waals surface area contributed by atoms with Gasteiger partial charge in [0, 0.05) is 49.4 Å². The van der Waals surface area contributed by atoms with Gasteiger partial charge in [-0.1, -0.05) is 31.2 Å². The molecule has 4 aromatic rings. The first kappa shape index (κ1) is 28.4. The molecule has 2 aromatic carbocycles. The lowest BCUT2D eigenvalue weighted by Crippen LogP contribution is -2.39. The smallest absolute Gasteiger partial charge is 0.321 e. The number of carbonyl (C=O) groups excluding carboxylic acids is 3. The highest BCUT2D eigenvalue weighted by atomic mass is 19.1. The molecule has 10 heteroatoms. The Hall–Kier alpha value is -4.73. The molecule has 0 saturated carbocycles. The fraction of sp³-hybridized carbons (Fsp3) is 0.333. The van der Waals surface area contributed by atoms with Crippen molar-refractivity contribution in [2.24, 2.45) is 0 Å². The Labute approximate surface area is 249 Å². The van der Waals surface area contributed by atoms with Gasteiger partial charge in [0.2, 0.25) is 0 Å². The van der Waals surface area contributed by atoms with Crippen molar-refractivity contribution in [2.45, 2.75) is 52.2 Å². The van der Waals surface area contributed by atoms with Gasteiger partial charge in [0.15, 0.2) is 0 Å². The van der Waals surface area contributed by atoms with E-state index in [-0.39, 0.29) is 30.1 Å². The summed E-state index contributed by atoms with van der Waals surface area (Å²) in [6, 6.07) is 16.0. The molecule has 1 fully saturated rings. The van der Waals surface area contributed by atoms with Gasteiger partial charge >= 0.3 is 12.0 Å². The number of aryl methyl sites for hydroxylation is 1. The number of urea groups is 1. The largest absolute Gasteiger partial charge is 0.461 e. The van der Waals surface area contributed by atoms with Crippen molar-refractivity contribution in [3.8, 4) is 11.1 Å². The average molecular weight is 584 g/mol. The van der Waals surface area contributed by atoms with Crippen LogP contribution in [0.25, 0.3) is 16.6 Å². The average Bonchev–Trinajstić information content (AvgIpc) is 3.63. The summed E-state index contributed by atoms with van der Waals surface area (Å²) >= 11 is 0. The lowest BCUT2D eigenvalue weighted by Gasteiger charge is -2.35. The number of amides is 3. The molecule has 2 aliphatic heterocycles. The third kappa shape index (κ3) is 5.57. The van der Waals surface area contributed by atoms with Crippen molar-refractivity contribution in [3.05, 3.63) is 89.0 Å². The van der Waals surface area contributed by atoms with Crippen molar-refractivity contribution in [1.29, 1.82) is 0 Å². The van der Waals surface area contributed by atoms with Gasteiger partial charge in [-0.15, -0.1) is 0 Å². The Morgan fingerprint density at radius 3 is 2.67 bits per heavy atom. The highest BCUT2D eigenvalue weighted by Crippen LogP contribution is 2.32. The number of nitrogens with one attached hydrogen (secondary N) is 1. The maximum Gasteiger partial charge on any atom is 0.321 e. The minimum atomic E-state index is -0.497. The molecule has 0 unspecified atom stereocenters. The number of rotatable bonds is 5.